The molecule has 70 heavy (non-hydrogen) atoms. The number of hydrogen-bond acceptors (Lipinski definition) is 2. The predicted octanol–water partition coefficient (Wildman–Crippen LogP) is 18.7. The molecule has 0 amide bonds. The van der Waals surface area contributed by atoms with Crippen LogP contribution in [0.4, 0.5) is 17.1 Å². The highest BCUT2D eigenvalue weighted by atomic mass is 32.1. The molecule has 0 atom stereocenters. The molecule has 0 aliphatic heterocycles. The summed E-state index contributed by atoms with van der Waals surface area (Å²) in [5, 5.41) is 7.61. The molecule has 0 saturated carbocycles. The van der Waals surface area contributed by atoms with Crippen molar-refractivity contribution in [3.63, 3.8) is 0 Å². The molecule has 0 spiro atoms. The van der Waals surface area contributed by atoms with Gasteiger partial charge in [-0.3, -0.25) is 0 Å². The summed E-state index contributed by atoms with van der Waals surface area (Å²) >= 11 is 1.85. The molecule has 0 aliphatic carbocycles. The molecule has 0 unspecified atom stereocenters. The number of hydrogen-bond donors (Lipinski definition) is 0. The zero-order chi connectivity index (χ0) is 46.1. The number of benzene rings is 11. The Bertz CT molecular complexity index is 4180. The van der Waals surface area contributed by atoms with E-state index in [9.17, 15) is 0 Å². The minimum Gasteiger partial charge on any atom is -0.310 e. The van der Waals surface area contributed by atoms with Crippen molar-refractivity contribution in [1.82, 2.24) is 9.13 Å². The Labute approximate surface area is 409 Å². The van der Waals surface area contributed by atoms with E-state index in [1.165, 1.54) is 97.3 Å². The molecule has 14 rings (SSSR count). The van der Waals surface area contributed by atoms with Gasteiger partial charge >= 0.3 is 0 Å². The van der Waals surface area contributed by atoms with Gasteiger partial charge in [-0.1, -0.05) is 176 Å². The van der Waals surface area contributed by atoms with Crippen molar-refractivity contribution in [3.8, 4) is 44.8 Å². The Kier molecular flexibility index (Phi) is 9.39. The largest absolute Gasteiger partial charge is 0.310 e. The van der Waals surface area contributed by atoms with Gasteiger partial charge in [-0.25, -0.2) is 0 Å². The zero-order valence-corrected chi connectivity index (χ0v) is 38.9. The molecule has 0 aliphatic rings. The van der Waals surface area contributed by atoms with Crippen molar-refractivity contribution in [2.75, 3.05) is 4.90 Å². The van der Waals surface area contributed by atoms with Crippen molar-refractivity contribution in [1.29, 1.82) is 0 Å². The quantitative estimate of drug-likeness (QED) is 0.148. The Balaban J connectivity index is 0.833. The number of anilines is 3. The van der Waals surface area contributed by atoms with Crippen molar-refractivity contribution < 1.29 is 0 Å². The van der Waals surface area contributed by atoms with Crippen molar-refractivity contribution in [2.45, 2.75) is 0 Å². The summed E-state index contributed by atoms with van der Waals surface area (Å²) in [6.07, 6.45) is 0. The van der Waals surface area contributed by atoms with Gasteiger partial charge in [-0.2, -0.15) is 0 Å². The van der Waals surface area contributed by atoms with Crippen LogP contribution in [0, 0.1) is 0 Å². The number of nitrogens with zero attached hydrogens (tertiary/aromatic N) is 3. The van der Waals surface area contributed by atoms with Crippen LogP contribution in [-0.4, -0.2) is 9.13 Å². The van der Waals surface area contributed by atoms with E-state index in [-0.39, 0.29) is 0 Å². The molecule has 0 fully saturated rings. The first-order valence-corrected chi connectivity index (χ1v) is 24.7. The molecule has 0 N–H and O–H groups in total. The lowest BCUT2D eigenvalue weighted by molar-refractivity contribution is 1.18. The van der Waals surface area contributed by atoms with Gasteiger partial charge in [0.1, 0.15) is 0 Å². The molecule has 14 aromatic rings. The molecule has 0 radical (unpaired) electrons. The molecule has 11 aromatic carbocycles. The molecule has 328 valence electrons. The van der Waals surface area contributed by atoms with Crippen LogP contribution in [0.3, 0.4) is 0 Å². The second-order valence-electron chi connectivity index (χ2n) is 18.1. The summed E-state index contributed by atoms with van der Waals surface area (Å²) in [5.74, 6) is 0. The molecular weight excluding hydrogens is 867 g/mol. The van der Waals surface area contributed by atoms with Gasteiger partial charge < -0.3 is 14.0 Å². The fourth-order valence-corrected chi connectivity index (χ4v) is 12.0. The molecule has 3 aromatic heterocycles. The average molecular weight is 910 g/mol. The van der Waals surface area contributed by atoms with Gasteiger partial charge in [0.25, 0.3) is 0 Å². The first-order valence-electron chi connectivity index (χ1n) is 23.9. The normalized spacial score (nSPS) is 11.7. The van der Waals surface area contributed by atoms with E-state index >= 15 is 0 Å². The van der Waals surface area contributed by atoms with Gasteiger partial charge in [-0.15, -0.1) is 11.3 Å². The van der Waals surface area contributed by atoms with E-state index in [1.54, 1.807) is 0 Å². The van der Waals surface area contributed by atoms with Crippen LogP contribution in [0.15, 0.2) is 261 Å². The smallest absolute Gasteiger partial charge is 0.0541 e. The number of para-hydroxylation sites is 6. The topological polar surface area (TPSA) is 13.1 Å². The summed E-state index contributed by atoms with van der Waals surface area (Å²) in [4.78, 5) is 2.40. The van der Waals surface area contributed by atoms with Crippen LogP contribution in [0.2, 0.25) is 0 Å². The Morgan fingerprint density at radius 2 is 0.600 bits per heavy atom. The van der Waals surface area contributed by atoms with E-state index in [0.29, 0.717) is 0 Å². The van der Waals surface area contributed by atoms with Crippen LogP contribution in [0.1, 0.15) is 0 Å². The van der Waals surface area contributed by atoms with E-state index in [2.05, 4.69) is 275 Å². The third-order valence-corrected chi connectivity index (χ3v) is 15.3. The predicted molar refractivity (Wildman–Crippen MR) is 299 cm³/mol. The standard InChI is InChI=1S/C66H43N3S/c1-8-22-59(68-61-24-10-3-17-53(61)54-18-4-11-25-62(54)68)51(15-1)46-31-29-44(30-32-46)45-33-37-48(38-34-45)67(50-41-42-66-58(43-50)57-21-7-14-28-65(57)70-66)49-39-35-47(36-40-49)52-16-2-9-23-60(52)69-63-26-12-5-19-55(63)56-20-6-13-27-64(56)69/h1-43H. The van der Waals surface area contributed by atoms with Crippen LogP contribution in [0.5, 0.6) is 0 Å². The Morgan fingerprint density at radius 1 is 0.257 bits per heavy atom. The van der Waals surface area contributed by atoms with E-state index < -0.39 is 0 Å². The Morgan fingerprint density at radius 3 is 1.09 bits per heavy atom. The van der Waals surface area contributed by atoms with Crippen LogP contribution in [0.25, 0.3) is 109 Å². The van der Waals surface area contributed by atoms with E-state index in [4.69, 9.17) is 0 Å². The molecule has 4 heteroatoms. The monoisotopic (exact) mass is 909 g/mol. The Hall–Kier alpha value is -8.96. The molecule has 0 saturated heterocycles. The zero-order valence-electron chi connectivity index (χ0n) is 38.1. The van der Waals surface area contributed by atoms with Gasteiger partial charge in [-0.05, 0) is 107 Å². The van der Waals surface area contributed by atoms with Crippen molar-refractivity contribution >= 4 is 92.2 Å². The second kappa shape index (κ2) is 16.4. The summed E-state index contributed by atoms with van der Waals surface area (Å²) in [6.45, 7) is 0. The number of rotatable bonds is 8. The van der Waals surface area contributed by atoms with E-state index in [0.717, 1.165) is 28.3 Å². The van der Waals surface area contributed by atoms with Gasteiger partial charge in [0.2, 0.25) is 0 Å². The highest BCUT2D eigenvalue weighted by Crippen LogP contribution is 2.43. The highest BCUT2D eigenvalue weighted by Gasteiger charge is 2.19. The molecule has 3 nitrogen and oxygen atoms in total. The minimum absolute atomic E-state index is 1.09. The van der Waals surface area contributed by atoms with E-state index in [1.807, 2.05) is 11.3 Å². The highest BCUT2D eigenvalue weighted by molar-refractivity contribution is 7.25. The first-order chi connectivity index (χ1) is 34.7. The number of aromatic nitrogens is 2. The fourth-order valence-electron chi connectivity index (χ4n) is 10.9. The van der Waals surface area contributed by atoms with Gasteiger partial charge in [0, 0.05) is 69.9 Å². The summed E-state index contributed by atoms with van der Waals surface area (Å²) in [6, 6.07) is 95.3. The lowest BCUT2D eigenvalue weighted by atomic mass is 9.98. The van der Waals surface area contributed by atoms with Crippen LogP contribution in [-0.2, 0) is 0 Å². The molecular formula is C66H43N3S. The van der Waals surface area contributed by atoms with Crippen LogP contribution < -0.4 is 4.90 Å². The van der Waals surface area contributed by atoms with Crippen molar-refractivity contribution in [2.24, 2.45) is 0 Å². The van der Waals surface area contributed by atoms with Crippen LogP contribution >= 0.6 is 11.3 Å². The fraction of sp³-hybridized carbons (Fsp3) is 0. The number of fused-ring (bicyclic) bond motifs is 9. The summed E-state index contributed by atoms with van der Waals surface area (Å²) in [5.41, 5.74) is 17.5. The summed E-state index contributed by atoms with van der Waals surface area (Å²) in [7, 11) is 0. The summed E-state index contributed by atoms with van der Waals surface area (Å²) < 4.78 is 7.43. The maximum atomic E-state index is 2.42. The maximum absolute atomic E-state index is 2.42. The maximum Gasteiger partial charge on any atom is 0.0541 e. The SMILES string of the molecule is c1ccc(-n2c3ccccc3c3ccccc32)c(-c2ccc(-c3ccc(N(c4ccc(-c5ccccc5-n5c6ccccc6c6ccccc65)cc4)c4ccc5sc6ccccc6c5c4)cc3)cc2)c1. The molecule has 0 bridgehead atoms. The van der Waals surface area contributed by atoms with Crippen molar-refractivity contribution in [3.05, 3.63) is 261 Å². The third-order valence-electron chi connectivity index (χ3n) is 14.2. The average Bonchev–Trinajstić information content (AvgIpc) is 4.09. The first kappa shape index (κ1) is 40.1. The third kappa shape index (κ3) is 6.49. The van der Waals surface area contributed by atoms with Gasteiger partial charge in [0.15, 0.2) is 0 Å². The lowest BCUT2D eigenvalue weighted by Gasteiger charge is -2.26. The number of thiophene rings is 1. The van der Waals surface area contributed by atoms with Gasteiger partial charge in [0.05, 0.1) is 33.4 Å². The minimum atomic E-state index is 1.09. The molecule has 3 heterocycles. The lowest BCUT2D eigenvalue weighted by Crippen LogP contribution is -2.09. The second-order valence-corrected chi connectivity index (χ2v) is 19.1.